The van der Waals surface area contributed by atoms with Crippen LogP contribution in [-0.4, -0.2) is 8.07 Å². The molecule has 6 rings (SSSR count). The van der Waals surface area contributed by atoms with Crippen LogP contribution in [0.15, 0.2) is 108 Å². The summed E-state index contributed by atoms with van der Waals surface area (Å²) in [5, 5.41) is 0. The van der Waals surface area contributed by atoms with Gasteiger partial charge in [0, 0.05) is 0 Å². The van der Waals surface area contributed by atoms with Gasteiger partial charge in [-0.25, -0.2) is 0 Å². The second-order valence-electron chi connectivity index (χ2n) is 20.4. The van der Waals surface area contributed by atoms with E-state index in [4.69, 9.17) is 0 Å². The van der Waals surface area contributed by atoms with E-state index in [0.29, 0.717) is 47.3 Å². The van der Waals surface area contributed by atoms with Gasteiger partial charge in [0.2, 0.25) is 0 Å². The fraction of sp³-hybridized carbons (Fsp3) is 0.625. The predicted octanol–water partition coefficient (Wildman–Crippen LogP) is 14.0. The molecule has 0 N–H and O–H groups in total. The first-order valence-corrected chi connectivity index (χ1v) is 23.0. The van der Waals surface area contributed by atoms with E-state index in [9.17, 15) is 0 Å². The minimum Gasteiger partial charge on any atom is -0.103 e. The van der Waals surface area contributed by atoms with E-state index in [-0.39, 0.29) is 16.2 Å². The monoisotopic (exact) mass is 675 g/mol. The molecule has 2 fully saturated rings. The van der Waals surface area contributed by atoms with Crippen molar-refractivity contribution in [1.82, 2.24) is 0 Å². The quantitative estimate of drug-likeness (QED) is 0.130. The average Bonchev–Trinajstić information content (AvgIpc) is 3.53. The number of hydrogen-bond donors (Lipinski definition) is 0. The van der Waals surface area contributed by atoms with E-state index >= 15 is 0 Å². The molecular formula is C48H70Si. The van der Waals surface area contributed by atoms with Gasteiger partial charge in [-0.1, -0.05) is 179 Å². The smallest absolute Gasteiger partial charge is 0.0591 e. The third-order valence-electron chi connectivity index (χ3n) is 14.0. The number of fused-ring (bicyclic) bond motifs is 6. The maximum absolute atomic E-state index is 4.01. The zero-order valence-corrected chi connectivity index (χ0v) is 34.2. The van der Waals surface area contributed by atoms with Gasteiger partial charge in [0.05, 0.1) is 8.07 Å². The van der Waals surface area contributed by atoms with Crippen LogP contribution in [0.2, 0.25) is 23.7 Å². The maximum atomic E-state index is 4.01. The Labute approximate surface area is 303 Å². The van der Waals surface area contributed by atoms with Crippen LogP contribution in [0.25, 0.3) is 0 Å². The molecule has 0 aromatic heterocycles. The zero-order valence-electron chi connectivity index (χ0n) is 33.2. The van der Waals surface area contributed by atoms with Gasteiger partial charge in [0.25, 0.3) is 0 Å². The van der Waals surface area contributed by atoms with Crippen molar-refractivity contribution in [2.24, 2.45) is 63.6 Å². The molecule has 2 saturated carbocycles. The van der Waals surface area contributed by atoms with Crippen LogP contribution in [-0.2, 0) is 0 Å². The fourth-order valence-corrected chi connectivity index (χ4v) is 18.3. The van der Waals surface area contributed by atoms with E-state index in [2.05, 4.69) is 161 Å². The molecule has 49 heavy (non-hydrogen) atoms. The first-order valence-electron chi connectivity index (χ1n) is 20.1. The normalized spacial score (nSPS) is 36.1. The highest BCUT2D eigenvalue weighted by atomic mass is 28.3. The van der Waals surface area contributed by atoms with Crippen molar-refractivity contribution in [2.75, 3.05) is 0 Å². The van der Waals surface area contributed by atoms with Crippen molar-refractivity contribution < 1.29 is 0 Å². The van der Waals surface area contributed by atoms with E-state index in [1.165, 1.54) is 37.3 Å². The zero-order chi connectivity index (χ0) is 35.5. The highest BCUT2D eigenvalue weighted by Gasteiger charge is 2.63. The molecule has 6 aliphatic rings. The summed E-state index contributed by atoms with van der Waals surface area (Å²) < 4.78 is 0. The summed E-state index contributed by atoms with van der Waals surface area (Å²) in [6.07, 6.45) is 40.6. The Kier molecular flexibility index (Phi) is 10.1. The summed E-state index contributed by atoms with van der Waals surface area (Å²) in [4.78, 5) is 0. The molecule has 0 aromatic carbocycles. The molecule has 0 bridgehead atoms. The molecule has 266 valence electrons. The molecule has 0 radical (unpaired) electrons. The number of allylic oxidation sites excluding steroid dienone is 17. The molecule has 0 saturated heterocycles. The van der Waals surface area contributed by atoms with E-state index in [0.717, 1.165) is 17.5 Å². The maximum Gasteiger partial charge on any atom is 0.0591 e. The lowest BCUT2D eigenvalue weighted by molar-refractivity contribution is 0.433. The molecule has 0 aliphatic heterocycles. The van der Waals surface area contributed by atoms with Gasteiger partial charge in [-0.05, 0) is 111 Å². The van der Waals surface area contributed by atoms with Crippen LogP contribution in [0.4, 0.5) is 0 Å². The summed E-state index contributed by atoms with van der Waals surface area (Å²) >= 11 is 0. The molecule has 0 heterocycles. The standard InChI is InChI=1S/C48H70Si/c1-13-14-15-16-17-18-27-49(12,44-40-28-32(2)19-23-36(40)37-24-20-33(29-41(37)44)46(3,4)5)45-42-30-34(47(6,7)8)21-25-38(42)39-26-22-35(31-43(39)45)48(9,10)11/h13,19-26,28-31,36-45H,1,14-18,27H2,2-12H3. The van der Waals surface area contributed by atoms with Gasteiger partial charge < -0.3 is 0 Å². The summed E-state index contributed by atoms with van der Waals surface area (Å²) in [5.41, 5.74) is 8.18. The minimum atomic E-state index is -2.01. The highest BCUT2D eigenvalue weighted by Crippen LogP contribution is 2.69. The number of unbranched alkanes of at least 4 members (excludes halogenated alkanes) is 4. The SMILES string of the molecule is C=CCCCCCC[Si](C)(C1C2C=C(C)C=CC2C2C=CC(C(C)(C)C)=CC21)C1C2C=C(C(C)(C)C)C=CC2C2C=CC(C(C)(C)C)=CC21. The minimum absolute atomic E-state index is 0.168. The Balaban J connectivity index is 1.53. The van der Waals surface area contributed by atoms with Gasteiger partial charge in [-0.15, -0.1) is 6.58 Å². The van der Waals surface area contributed by atoms with Crippen LogP contribution in [0, 0.1) is 63.6 Å². The van der Waals surface area contributed by atoms with Gasteiger partial charge in [-0.3, -0.25) is 0 Å². The topological polar surface area (TPSA) is 0 Å². The summed E-state index contributed by atoms with van der Waals surface area (Å²) in [6, 6.07) is 1.46. The Bertz CT molecular complexity index is 1460. The van der Waals surface area contributed by atoms with Gasteiger partial charge >= 0.3 is 0 Å². The molecule has 0 spiro atoms. The first-order chi connectivity index (χ1) is 22.9. The van der Waals surface area contributed by atoms with Crippen LogP contribution in [0.3, 0.4) is 0 Å². The highest BCUT2D eigenvalue weighted by molar-refractivity contribution is 6.82. The van der Waals surface area contributed by atoms with Crippen molar-refractivity contribution in [3.05, 3.63) is 108 Å². The molecule has 10 unspecified atom stereocenters. The number of hydrogen-bond acceptors (Lipinski definition) is 0. The fourth-order valence-electron chi connectivity index (χ4n) is 11.4. The molecule has 1 heteroatoms. The largest absolute Gasteiger partial charge is 0.103 e. The van der Waals surface area contributed by atoms with Gasteiger partial charge in [0.1, 0.15) is 0 Å². The molecule has 10 atom stereocenters. The Morgan fingerprint density at radius 2 is 0.898 bits per heavy atom. The first kappa shape index (κ1) is 36.7. The lowest BCUT2D eigenvalue weighted by atomic mass is 9.74. The van der Waals surface area contributed by atoms with Gasteiger partial charge in [0.15, 0.2) is 0 Å². The summed E-state index contributed by atoms with van der Waals surface area (Å²) in [5.74, 6) is 4.98. The lowest BCUT2D eigenvalue weighted by Crippen LogP contribution is -2.49. The van der Waals surface area contributed by atoms with Crippen LogP contribution >= 0.6 is 0 Å². The van der Waals surface area contributed by atoms with Crippen LogP contribution in [0.5, 0.6) is 0 Å². The van der Waals surface area contributed by atoms with Gasteiger partial charge in [-0.2, -0.15) is 0 Å². The van der Waals surface area contributed by atoms with Crippen LogP contribution in [0.1, 0.15) is 101 Å². The molecule has 6 aliphatic carbocycles. The third kappa shape index (κ3) is 6.93. The lowest BCUT2D eigenvalue weighted by Gasteiger charge is -2.49. The second-order valence-corrected chi connectivity index (χ2v) is 25.2. The Hall–Kier alpha value is -2.12. The number of rotatable bonds is 9. The van der Waals surface area contributed by atoms with E-state index in [1.54, 1.807) is 16.7 Å². The average molecular weight is 675 g/mol. The third-order valence-corrected chi connectivity index (χ3v) is 20.0. The molecule has 0 aromatic rings. The predicted molar refractivity (Wildman–Crippen MR) is 218 cm³/mol. The molecule has 0 amide bonds. The van der Waals surface area contributed by atoms with Crippen molar-refractivity contribution in [2.45, 2.75) is 125 Å². The second kappa shape index (κ2) is 13.5. The van der Waals surface area contributed by atoms with Crippen LogP contribution < -0.4 is 0 Å². The molecular weight excluding hydrogens is 605 g/mol. The van der Waals surface area contributed by atoms with Crippen molar-refractivity contribution in [3.8, 4) is 0 Å². The Morgan fingerprint density at radius 1 is 0.531 bits per heavy atom. The summed E-state index contributed by atoms with van der Waals surface area (Å²) in [7, 11) is -2.01. The molecule has 0 nitrogen and oxygen atoms in total. The summed E-state index contributed by atoms with van der Waals surface area (Å²) in [6.45, 7) is 31.2. The Morgan fingerprint density at radius 3 is 1.29 bits per heavy atom. The van der Waals surface area contributed by atoms with E-state index < -0.39 is 8.07 Å². The van der Waals surface area contributed by atoms with Crippen molar-refractivity contribution in [3.63, 3.8) is 0 Å². The van der Waals surface area contributed by atoms with Crippen molar-refractivity contribution >= 4 is 8.07 Å². The van der Waals surface area contributed by atoms with Crippen molar-refractivity contribution in [1.29, 1.82) is 0 Å². The van der Waals surface area contributed by atoms with E-state index in [1.807, 2.05) is 0 Å².